The Morgan fingerprint density at radius 1 is 1.18 bits per heavy atom. The van der Waals surface area contributed by atoms with Crippen LogP contribution < -0.4 is 4.74 Å². The molecule has 2 aromatic rings. The highest BCUT2D eigenvalue weighted by Crippen LogP contribution is 2.12. The SMILES string of the molecule is CN(Cc1ccccc1F)C(=O)COc1ccc(C=O)cc1. The predicted molar refractivity (Wildman–Crippen MR) is 80.2 cm³/mol. The van der Waals surface area contributed by atoms with Crippen LogP contribution in [0, 0.1) is 5.82 Å². The molecule has 0 aliphatic carbocycles. The number of carbonyl (C=O) groups excluding carboxylic acids is 2. The van der Waals surface area contributed by atoms with Gasteiger partial charge in [-0.3, -0.25) is 9.59 Å². The Hall–Kier alpha value is -2.69. The Bertz CT molecular complexity index is 655. The third kappa shape index (κ3) is 4.15. The normalized spacial score (nSPS) is 10.1. The third-order valence-corrected chi connectivity index (χ3v) is 3.17. The van der Waals surface area contributed by atoms with Gasteiger partial charge in [0.15, 0.2) is 6.61 Å². The molecular formula is C17H16FNO3. The average molecular weight is 301 g/mol. The van der Waals surface area contributed by atoms with Crippen LogP contribution in [0.1, 0.15) is 15.9 Å². The first kappa shape index (κ1) is 15.7. The second-order valence-corrected chi connectivity index (χ2v) is 4.82. The lowest BCUT2D eigenvalue weighted by Crippen LogP contribution is -2.31. The zero-order chi connectivity index (χ0) is 15.9. The Kier molecular flexibility index (Phi) is 5.25. The summed E-state index contributed by atoms with van der Waals surface area (Å²) in [7, 11) is 1.59. The number of amides is 1. The molecule has 0 fully saturated rings. The summed E-state index contributed by atoms with van der Waals surface area (Å²) in [5.74, 6) is -0.103. The van der Waals surface area contributed by atoms with Gasteiger partial charge in [-0.05, 0) is 30.3 Å². The van der Waals surface area contributed by atoms with Gasteiger partial charge in [0.05, 0.1) is 0 Å². The van der Waals surface area contributed by atoms with E-state index in [1.54, 1.807) is 49.5 Å². The minimum Gasteiger partial charge on any atom is -0.484 e. The van der Waals surface area contributed by atoms with E-state index in [-0.39, 0.29) is 24.9 Å². The van der Waals surface area contributed by atoms with Gasteiger partial charge in [-0.25, -0.2) is 4.39 Å². The summed E-state index contributed by atoms with van der Waals surface area (Å²) in [4.78, 5) is 23.9. The van der Waals surface area contributed by atoms with E-state index >= 15 is 0 Å². The van der Waals surface area contributed by atoms with E-state index in [2.05, 4.69) is 0 Å². The third-order valence-electron chi connectivity index (χ3n) is 3.17. The zero-order valence-corrected chi connectivity index (χ0v) is 12.2. The molecule has 0 heterocycles. The van der Waals surface area contributed by atoms with Gasteiger partial charge in [-0.2, -0.15) is 0 Å². The van der Waals surface area contributed by atoms with Crippen LogP contribution in [0.2, 0.25) is 0 Å². The van der Waals surface area contributed by atoms with Crippen molar-refractivity contribution in [3.05, 3.63) is 65.5 Å². The summed E-state index contributed by atoms with van der Waals surface area (Å²) in [5, 5.41) is 0. The van der Waals surface area contributed by atoms with Crippen molar-refractivity contribution in [1.82, 2.24) is 4.90 Å². The number of likely N-dealkylation sites (N-methyl/N-ethyl adjacent to an activating group) is 1. The minimum atomic E-state index is -0.340. The van der Waals surface area contributed by atoms with Crippen LogP contribution in [-0.4, -0.2) is 30.7 Å². The number of hydrogen-bond donors (Lipinski definition) is 0. The van der Waals surface area contributed by atoms with Crippen molar-refractivity contribution < 1.29 is 18.7 Å². The standard InChI is InChI=1S/C17H16FNO3/c1-19(10-14-4-2-3-5-16(14)18)17(21)12-22-15-8-6-13(11-20)7-9-15/h2-9,11H,10,12H2,1H3. The molecule has 0 spiro atoms. The molecule has 0 aliphatic rings. The number of ether oxygens (including phenoxy) is 1. The fraction of sp³-hybridized carbons (Fsp3) is 0.176. The molecule has 0 N–H and O–H groups in total. The van der Waals surface area contributed by atoms with E-state index in [0.29, 0.717) is 16.9 Å². The Morgan fingerprint density at radius 3 is 2.50 bits per heavy atom. The van der Waals surface area contributed by atoms with Gasteiger partial charge in [0.2, 0.25) is 0 Å². The second kappa shape index (κ2) is 7.36. The van der Waals surface area contributed by atoms with Crippen LogP contribution in [0.3, 0.4) is 0 Å². The molecule has 0 unspecified atom stereocenters. The molecule has 0 radical (unpaired) electrons. The summed E-state index contributed by atoms with van der Waals surface area (Å²) in [6, 6.07) is 12.8. The van der Waals surface area contributed by atoms with Crippen molar-refractivity contribution in [1.29, 1.82) is 0 Å². The molecule has 0 saturated heterocycles. The topological polar surface area (TPSA) is 46.6 Å². The van der Waals surface area contributed by atoms with Crippen molar-refractivity contribution in [2.24, 2.45) is 0 Å². The summed E-state index contributed by atoms with van der Waals surface area (Å²) in [6.07, 6.45) is 0.733. The highest BCUT2D eigenvalue weighted by atomic mass is 19.1. The zero-order valence-electron chi connectivity index (χ0n) is 12.2. The monoisotopic (exact) mass is 301 g/mol. The van der Waals surface area contributed by atoms with E-state index in [1.165, 1.54) is 11.0 Å². The number of nitrogens with zero attached hydrogens (tertiary/aromatic N) is 1. The molecule has 0 aromatic heterocycles. The smallest absolute Gasteiger partial charge is 0.260 e. The van der Waals surface area contributed by atoms with Crippen LogP contribution in [0.15, 0.2) is 48.5 Å². The van der Waals surface area contributed by atoms with Gasteiger partial charge in [-0.15, -0.1) is 0 Å². The largest absolute Gasteiger partial charge is 0.484 e. The van der Waals surface area contributed by atoms with Gasteiger partial charge in [-0.1, -0.05) is 18.2 Å². The quantitative estimate of drug-likeness (QED) is 0.771. The van der Waals surface area contributed by atoms with E-state index in [0.717, 1.165) is 6.29 Å². The molecule has 0 bridgehead atoms. The van der Waals surface area contributed by atoms with Crippen LogP contribution in [0.4, 0.5) is 4.39 Å². The summed E-state index contributed by atoms with van der Waals surface area (Å²) < 4.78 is 18.9. The van der Waals surface area contributed by atoms with E-state index < -0.39 is 0 Å². The molecule has 1 amide bonds. The fourth-order valence-corrected chi connectivity index (χ4v) is 1.87. The van der Waals surface area contributed by atoms with Gasteiger partial charge in [0.25, 0.3) is 5.91 Å². The first-order valence-electron chi connectivity index (χ1n) is 6.75. The van der Waals surface area contributed by atoms with Gasteiger partial charge >= 0.3 is 0 Å². The number of halogens is 1. The van der Waals surface area contributed by atoms with Crippen molar-refractivity contribution in [2.75, 3.05) is 13.7 Å². The molecule has 114 valence electrons. The first-order valence-corrected chi connectivity index (χ1v) is 6.75. The van der Waals surface area contributed by atoms with Crippen LogP contribution >= 0.6 is 0 Å². The maximum absolute atomic E-state index is 13.5. The molecule has 0 saturated carbocycles. The molecular weight excluding hydrogens is 285 g/mol. The number of aldehydes is 1. The number of rotatable bonds is 6. The maximum Gasteiger partial charge on any atom is 0.260 e. The molecule has 2 aromatic carbocycles. The lowest BCUT2D eigenvalue weighted by atomic mass is 10.2. The van der Waals surface area contributed by atoms with Crippen molar-refractivity contribution in [3.8, 4) is 5.75 Å². The lowest BCUT2D eigenvalue weighted by Gasteiger charge is -2.18. The van der Waals surface area contributed by atoms with Gasteiger partial charge in [0, 0.05) is 24.7 Å². The number of benzene rings is 2. The van der Waals surface area contributed by atoms with E-state index in [9.17, 15) is 14.0 Å². The summed E-state index contributed by atoms with van der Waals surface area (Å²) >= 11 is 0. The average Bonchev–Trinajstić information content (AvgIpc) is 2.55. The fourth-order valence-electron chi connectivity index (χ4n) is 1.87. The highest BCUT2D eigenvalue weighted by Gasteiger charge is 2.12. The Labute approximate surface area is 128 Å². The van der Waals surface area contributed by atoms with E-state index in [4.69, 9.17) is 4.74 Å². The van der Waals surface area contributed by atoms with Gasteiger partial charge < -0.3 is 9.64 Å². The maximum atomic E-state index is 13.5. The lowest BCUT2D eigenvalue weighted by molar-refractivity contribution is -0.132. The van der Waals surface area contributed by atoms with Crippen LogP contribution in [-0.2, 0) is 11.3 Å². The molecule has 0 aliphatic heterocycles. The van der Waals surface area contributed by atoms with Gasteiger partial charge in [0.1, 0.15) is 17.9 Å². The van der Waals surface area contributed by atoms with Crippen molar-refractivity contribution >= 4 is 12.2 Å². The summed E-state index contributed by atoms with van der Waals surface area (Å²) in [5.41, 5.74) is 0.990. The number of carbonyl (C=O) groups is 2. The van der Waals surface area contributed by atoms with Crippen molar-refractivity contribution in [3.63, 3.8) is 0 Å². The Balaban J connectivity index is 1.88. The molecule has 5 heteroatoms. The van der Waals surface area contributed by atoms with Crippen molar-refractivity contribution in [2.45, 2.75) is 6.54 Å². The molecule has 2 rings (SSSR count). The number of hydrogen-bond acceptors (Lipinski definition) is 3. The molecule has 22 heavy (non-hydrogen) atoms. The Morgan fingerprint density at radius 2 is 1.86 bits per heavy atom. The minimum absolute atomic E-state index is 0.147. The molecule has 4 nitrogen and oxygen atoms in total. The predicted octanol–water partition coefficient (Wildman–Crippen LogP) is 2.68. The second-order valence-electron chi connectivity index (χ2n) is 4.82. The first-order chi connectivity index (χ1) is 10.6. The van der Waals surface area contributed by atoms with E-state index in [1.807, 2.05) is 0 Å². The summed E-state index contributed by atoms with van der Waals surface area (Å²) in [6.45, 7) is 0.0321. The highest BCUT2D eigenvalue weighted by molar-refractivity contribution is 5.77. The van der Waals surface area contributed by atoms with Crippen LogP contribution in [0.5, 0.6) is 5.75 Å². The molecule has 0 atom stereocenters. The van der Waals surface area contributed by atoms with Crippen LogP contribution in [0.25, 0.3) is 0 Å².